The van der Waals surface area contributed by atoms with Crippen LogP contribution in [0, 0.1) is 0 Å². The van der Waals surface area contributed by atoms with Crippen LogP contribution in [0.5, 0.6) is 11.5 Å². The number of rotatable bonds is 3. The smallest absolute Gasteiger partial charge is 0.165 e. The standard InChI is InChI=1S/C17H15NO2/c19-16-9-7-13-14(17(16)20)10-11-18-15(13)8-6-12-4-2-1-3-5-12/h1-5,7,9-11,19-20H,6,8H2. The Kier molecular flexibility index (Phi) is 3.25. The van der Waals surface area contributed by atoms with E-state index < -0.39 is 0 Å². The second-order valence-corrected chi connectivity index (χ2v) is 4.77. The molecule has 3 aromatic rings. The Bertz CT molecular complexity index is 739. The van der Waals surface area contributed by atoms with E-state index in [-0.39, 0.29) is 11.5 Å². The van der Waals surface area contributed by atoms with Crippen LogP contribution in [0.3, 0.4) is 0 Å². The van der Waals surface area contributed by atoms with Gasteiger partial charge in [-0.15, -0.1) is 0 Å². The van der Waals surface area contributed by atoms with E-state index in [1.54, 1.807) is 18.3 Å². The summed E-state index contributed by atoms with van der Waals surface area (Å²) in [7, 11) is 0. The molecule has 0 aliphatic rings. The molecule has 3 rings (SSSR count). The second-order valence-electron chi connectivity index (χ2n) is 4.77. The largest absolute Gasteiger partial charge is 0.504 e. The van der Waals surface area contributed by atoms with Gasteiger partial charge in [-0.3, -0.25) is 4.98 Å². The molecule has 20 heavy (non-hydrogen) atoms. The first kappa shape index (κ1) is 12.5. The number of benzene rings is 2. The summed E-state index contributed by atoms with van der Waals surface area (Å²) in [6.07, 6.45) is 3.36. The van der Waals surface area contributed by atoms with Crippen LogP contribution < -0.4 is 0 Å². The van der Waals surface area contributed by atoms with Gasteiger partial charge in [-0.2, -0.15) is 0 Å². The van der Waals surface area contributed by atoms with Gasteiger partial charge in [-0.25, -0.2) is 0 Å². The fraction of sp³-hybridized carbons (Fsp3) is 0.118. The predicted molar refractivity (Wildman–Crippen MR) is 78.9 cm³/mol. The lowest BCUT2D eigenvalue weighted by atomic mass is 10.0. The number of aromatic hydroxyl groups is 2. The maximum Gasteiger partial charge on any atom is 0.165 e. The molecule has 0 spiro atoms. The van der Waals surface area contributed by atoms with Crippen LogP contribution in [0.4, 0.5) is 0 Å². The van der Waals surface area contributed by atoms with E-state index in [2.05, 4.69) is 17.1 Å². The maximum atomic E-state index is 9.89. The molecular weight excluding hydrogens is 250 g/mol. The van der Waals surface area contributed by atoms with E-state index in [9.17, 15) is 10.2 Å². The van der Waals surface area contributed by atoms with Crippen molar-refractivity contribution in [3.05, 3.63) is 66.0 Å². The number of aryl methyl sites for hydroxylation is 2. The highest BCUT2D eigenvalue weighted by Crippen LogP contribution is 2.34. The van der Waals surface area contributed by atoms with Crippen molar-refractivity contribution in [3.63, 3.8) is 0 Å². The Morgan fingerprint density at radius 2 is 1.60 bits per heavy atom. The van der Waals surface area contributed by atoms with Gasteiger partial charge < -0.3 is 10.2 Å². The van der Waals surface area contributed by atoms with Crippen LogP contribution >= 0.6 is 0 Å². The average Bonchev–Trinajstić information content (AvgIpc) is 2.50. The third kappa shape index (κ3) is 2.30. The quantitative estimate of drug-likeness (QED) is 0.713. The Morgan fingerprint density at radius 3 is 2.40 bits per heavy atom. The van der Waals surface area contributed by atoms with Crippen molar-refractivity contribution in [2.75, 3.05) is 0 Å². The number of phenols is 2. The van der Waals surface area contributed by atoms with Gasteiger partial charge in [-0.05, 0) is 36.6 Å². The van der Waals surface area contributed by atoms with Gasteiger partial charge in [0.15, 0.2) is 11.5 Å². The molecule has 0 fully saturated rings. The van der Waals surface area contributed by atoms with E-state index in [1.807, 2.05) is 18.2 Å². The summed E-state index contributed by atoms with van der Waals surface area (Å²) >= 11 is 0. The van der Waals surface area contributed by atoms with Crippen molar-refractivity contribution >= 4 is 10.8 Å². The Balaban J connectivity index is 1.94. The number of pyridine rings is 1. The summed E-state index contributed by atoms with van der Waals surface area (Å²) in [4.78, 5) is 4.40. The molecule has 0 aliphatic heterocycles. The molecule has 3 nitrogen and oxygen atoms in total. The SMILES string of the molecule is Oc1ccc2c(CCc3ccccc3)nccc2c1O. The molecule has 0 saturated carbocycles. The van der Waals surface area contributed by atoms with Crippen LogP contribution in [0.25, 0.3) is 10.8 Å². The van der Waals surface area contributed by atoms with Gasteiger partial charge in [0, 0.05) is 22.7 Å². The minimum Gasteiger partial charge on any atom is -0.504 e. The van der Waals surface area contributed by atoms with Crippen molar-refractivity contribution in [2.24, 2.45) is 0 Å². The van der Waals surface area contributed by atoms with E-state index in [0.717, 1.165) is 23.9 Å². The predicted octanol–water partition coefficient (Wildman–Crippen LogP) is 3.43. The van der Waals surface area contributed by atoms with Crippen LogP contribution in [0.15, 0.2) is 54.7 Å². The molecule has 0 saturated heterocycles. The Labute approximate surface area is 117 Å². The van der Waals surface area contributed by atoms with Gasteiger partial charge >= 0.3 is 0 Å². The third-order valence-electron chi connectivity index (χ3n) is 3.47. The summed E-state index contributed by atoms with van der Waals surface area (Å²) in [5.74, 6) is -0.177. The van der Waals surface area contributed by atoms with E-state index in [1.165, 1.54) is 11.6 Å². The first-order valence-corrected chi connectivity index (χ1v) is 6.58. The molecule has 1 heterocycles. The maximum absolute atomic E-state index is 9.89. The Hall–Kier alpha value is -2.55. The third-order valence-corrected chi connectivity index (χ3v) is 3.47. The van der Waals surface area contributed by atoms with E-state index in [4.69, 9.17) is 0 Å². The van der Waals surface area contributed by atoms with E-state index >= 15 is 0 Å². The molecular formula is C17H15NO2. The lowest BCUT2D eigenvalue weighted by molar-refractivity contribution is 0.408. The molecule has 0 amide bonds. The molecule has 0 atom stereocenters. The van der Waals surface area contributed by atoms with Crippen LogP contribution in [-0.2, 0) is 12.8 Å². The summed E-state index contributed by atoms with van der Waals surface area (Å²) in [5.41, 5.74) is 2.19. The highest BCUT2D eigenvalue weighted by molar-refractivity contribution is 5.91. The van der Waals surface area contributed by atoms with Gasteiger partial charge in [0.05, 0.1) is 0 Å². The molecule has 2 N–H and O–H groups in total. The number of aromatic nitrogens is 1. The van der Waals surface area contributed by atoms with Crippen LogP contribution in [0.2, 0.25) is 0 Å². The molecule has 0 unspecified atom stereocenters. The molecule has 2 aromatic carbocycles. The van der Waals surface area contributed by atoms with Crippen molar-refractivity contribution in [1.82, 2.24) is 4.98 Å². The van der Waals surface area contributed by atoms with Gasteiger partial charge in [0.2, 0.25) is 0 Å². The number of hydrogen-bond donors (Lipinski definition) is 2. The van der Waals surface area contributed by atoms with Crippen LogP contribution in [-0.4, -0.2) is 15.2 Å². The highest BCUT2D eigenvalue weighted by Gasteiger charge is 2.09. The van der Waals surface area contributed by atoms with E-state index in [0.29, 0.717) is 5.39 Å². The number of fused-ring (bicyclic) bond motifs is 1. The lowest BCUT2D eigenvalue weighted by Crippen LogP contribution is -1.95. The van der Waals surface area contributed by atoms with Crippen molar-refractivity contribution < 1.29 is 10.2 Å². The molecule has 1 aromatic heterocycles. The first-order valence-electron chi connectivity index (χ1n) is 6.58. The zero-order valence-corrected chi connectivity index (χ0v) is 11.0. The van der Waals surface area contributed by atoms with Gasteiger partial charge in [0.1, 0.15) is 0 Å². The normalized spacial score (nSPS) is 10.8. The summed E-state index contributed by atoms with van der Waals surface area (Å²) < 4.78 is 0. The lowest BCUT2D eigenvalue weighted by Gasteiger charge is -2.08. The number of hydrogen-bond acceptors (Lipinski definition) is 3. The molecule has 100 valence electrons. The molecule has 3 heteroatoms. The van der Waals surface area contributed by atoms with Gasteiger partial charge in [0.25, 0.3) is 0 Å². The van der Waals surface area contributed by atoms with Crippen molar-refractivity contribution in [1.29, 1.82) is 0 Å². The van der Waals surface area contributed by atoms with Gasteiger partial charge in [-0.1, -0.05) is 30.3 Å². The second kappa shape index (κ2) is 5.21. The highest BCUT2D eigenvalue weighted by atomic mass is 16.3. The number of nitrogens with zero attached hydrogens (tertiary/aromatic N) is 1. The van der Waals surface area contributed by atoms with Crippen LogP contribution in [0.1, 0.15) is 11.3 Å². The summed E-state index contributed by atoms with van der Waals surface area (Å²) in [6, 6.07) is 15.3. The summed E-state index contributed by atoms with van der Waals surface area (Å²) in [6.45, 7) is 0. The monoisotopic (exact) mass is 265 g/mol. The Morgan fingerprint density at radius 1 is 0.800 bits per heavy atom. The molecule has 0 radical (unpaired) electrons. The molecule has 0 aliphatic carbocycles. The zero-order chi connectivity index (χ0) is 13.9. The first-order chi connectivity index (χ1) is 9.75. The topological polar surface area (TPSA) is 53.4 Å². The fourth-order valence-electron chi connectivity index (χ4n) is 2.39. The minimum atomic E-state index is -0.0993. The minimum absolute atomic E-state index is 0.0779. The van der Waals surface area contributed by atoms with Crippen molar-refractivity contribution in [3.8, 4) is 11.5 Å². The zero-order valence-electron chi connectivity index (χ0n) is 11.0. The number of phenolic OH excluding ortho intramolecular Hbond substituents is 2. The average molecular weight is 265 g/mol. The summed E-state index contributed by atoms with van der Waals surface area (Å²) in [5, 5.41) is 21.0. The molecule has 0 bridgehead atoms. The fourth-order valence-corrected chi connectivity index (χ4v) is 2.39. The van der Waals surface area contributed by atoms with Crippen molar-refractivity contribution in [2.45, 2.75) is 12.8 Å².